The van der Waals surface area contributed by atoms with Crippen molar-refractivity contribution in [2.75, 3.05) is 7.11 Å². The van der Waals surface area contributed by atoms with Gasteiger partial charge in [-0.2, -0.15) is 0 Å². The van der Waals surface area contributed by atoms with Crippen LogP contribution in [-0.4, -0.2) is 30.7 Å². The Hall–Kier alpha value is -0.320. The zero-order chi connectivity index (χ0) is 13.6. The predicted molar refractivity (Wildman–Crippen MR) is 78.0 cm³/mol. The summed E-state index contributed by atoms with van der Waals surface area (Å²) < 4.78 is 5.34. The van der Waals surface area contributed by atoms with Crippen molar-refractivity contribution in [3.05, 3.63) is 0 Å². The molecule has 0 spiro atoms. The van der Waals surface area contributed by atoms with Gasteiger partial charge in [-0.15, -0.1) is 12.4 Å². The van der Waals surface area contributed by atoms with Crippen molar-refractivity contribution in [3.8, 4) is 0 Å². The Morgan fingerprint density at radius 1 is 1.39 bits per heavy atom. The Kier molecular flexibility index (Phi) is 9.70. The summed E-state index contributed by atoms with van der Waals surface area (Å²) >= 11 is 0. The first-order valence-electron chi connectivity index (χ1n) is 6.34. The lowest BCUT2D eigenvalue weighted by molar-refractivity contribution is -0.124. The molecule has 3 unspecified atom stereocenters. The maximum absolute atomic E-state index is 11.9. The number of methoxy groups -OCH3 is 1. The minimum absolute atomic E-state index is 0. The van der Waals surface area contributed by atoms with Gasteiger partial charge in [-0.05, 0) is 33.1 Å². The van der Waals surface area contributed by atoms with Gasteiger partial charge in [0.05, 0.1) is 11.6 Å². The third-order valence-electron chi connectivity index (χ3n) is 3.30. The van der Waals surface area contributed by atoms with Crippen molar-refractivity contribution in [2.45, 2.75) is 65.1 Å². The van der Waals surface area contributed by atoms with Crippen LogP contribution in [0, 0.1) is 5.92 Å². The first-order valence-corrected chi connectivity index (χ1v) is 6.34. The number of halogens is 1. The lowest BCUT2D eigenvalue weighted by atomic mass is 9.97. The fraction of sp³-hybridized carbons (Fsp3) is 0.923. The van der Waals surface area contributed by atoms with Crippen LogP contribution in [0.2, 0.25) is 0 Å². The Labute approximate surface area is 117 Å². The zero-order valence-electron chi connectivity index (χ0n) is 12.4. The van der Waals surface area contributed by atoms with E-state index < -0.39 is 6.04 Å². The van der Waals surface area contributed by atoms with Crippen LogP contribution in [0.1, 0.15) is 47.5 Å². The van der Waals surface area contributed by atoms with Crippen molar-refractivity contribution in [2.24, 2.45) is 11.7 Å². The molecule has 0 rings (SSSR count). The molecule has 0 aromatic carbocycles. The molecule has 0 aliphatic carbocycles. The smallest absolute Gasteiger partial charge is 0.237 e. The number of nitrogens with one attached hydrogen (secondary N) is 1. The van der Waals surface area contributed by atoms with Crippen LogP contribution in [0.25, 0.3) is 0 Å². The molecule has 0 saturated heterocycles. The van der Waals surface area contributed by atoms with Crippen molar-refractivity contribution in [1.29, 1.82) is 0 Å². The Balaban J connectivity index is 0. The molecule has 0 aromatic rings. The molecule has 0 saturated carbocycles. The number of ether oxygens (including phenoxy) is 1. The summed E-state index contributed by atoms with van der Waals surface area (Å²) in [4.78, 5) is 11.9. The summed E-state index contributed by atoms with van der Waals surface area (Å²) in [6.45, 7) is 10.0. The molecule has 4 nitrogen and oxygen atoms in total. The molecule has 1 amide bonds. The van der Waals surface area contributed by atoms with E-state index in [0.29, 0.717) is 0 Å². The quantitative estimate of drug-likeness (QED) is 0.751. The lowest BCUT2D eigenvalue weighted by Gasteiger charge is -2.28. The number of amides is 1. The van der Waals surface area contributed by atoms with Gasteiger partial charge in [0.2, 0.25) is 5.91 Å². The number of rotatable bonds is 7. The highest BCUT2D eigenvalue weighted by molar-refractivity contribution is 5.85. The van der Waals surface area contributed by atoms with Gasteiger partial charge in [0.25, 0.3) is 0 Å². The van der Waals surface area contributed by atoms with Gasteiger partial charge in [-0.3, -0.25) is 4.79 Å². The van der Waals surface area contributed by atoms with Crippen LogP contribution < -0.4 is 11.1 Å². The number of hydrogen-bond acceptors (Lipinski definition) is 3. The third-order valence-corrected chi connectivity index (χ3v) is 3.30. The highest BCUT2D eigenvalue weighted by Crippen LogP contribution is 2.15. The molecule has 0 bridgehead atoms. The fourth-order valence-electron chi connectivity index (χ4n) is 1.72. The average Bonchev–Trinajstić information content (AvgIpc) is 2.25. The SMILES string of the molecule is CCC(C)C(N)C(=O)NC(C)CC(C)(C)OC.Cl. The van der Waals surface area contributed by atoms with Crippen LogP contribution in [0.15, 0.2) is 0 Å². The van der Waals surface area contributed by atoms with Gasteiger partial charge in [0.15, 0.2) is 0 Å². The highest BCUT2D eigenvalue weighted by Gasteiger charge is 2.24. The van der Waals surface area contributed by atoms with Crippen LogP contribution in [0.4, 0.5) is 0 Å². The van der Waals surface area contributed by atoms with E-state index in [9.17, 15) is 4.79 Å². The molecule has 0 aromatic heterocycles. The summed E-state index contributed by atoms with van der Waals surface area (Å²) in [6, 6.07) is -0.360. The van der Waals surface area contributed by atoms with E-state index in [4.69, 9.17) is 10.5 Å². The second-order valence-corrected chi connectivity index (χ2v) is 5.49. The molecule has 3 atom stereocenters. The van der Waals surface area contributed by atoms with E-state index in [2.05, 4.69) is 5.32 Å². The first-order chi connectivity index (χ1) is 7.73. The molecule has 0 fully saturated rings. The van der Waals surface area contributed by atoms with Gasteiger partial charge >= 0.3 is 0 Å². The second kappa shape index (κ2) is 8.73. The van der Waals surface area contributed by atoms with Crippen molar-refractivity contribution in [3.63, 3.8) is 0 Å². The largest absolute Gasteiger partial charge is 0.379 e. The van der Waals surface area contributed by atoms with E-state index in [0.717, 1.165) is 12.8 Å². The maximum Gasteiger partial charge on any atom is 0.237 e. The normalized spacial score (nSPS) is 16.4. The standard InChI is InChI=1S/C13H28N2O2.ClH/c1-7-9(2)11(14)12(16)15-10(3)8-13(4,5)17-6;/h9-11H,7-8,14H2,1-6H3,(H,15,16);1H. The highest BCUT2D eigenvalue weighted by atomic mass is 35.5. The van der Waals surface area contributed by atoms with Crippen molar-refractivity contribution >= 4 is 18.3 Å². The molecular weight excluding hydrogens is 252 g/mol. The molecule has 0 radical (unpaired) electrons. The summed E-state index contributed by atoms with van der Waals surface area (Å²) in [5.74, 6) is 0.136. The molecule has 18 heavy (non-hydrogen) atoms. The van der Waals surface area contributed by atoms with E-state index >= 15 is 0 Å². The Morgan fingerprint density at radius 3 is 2.28 bits per heavy atom. The monoisotopic (exact) mass is 280 g/mol. The van der Waals surface area contributed by atoms with Crippen molar-refractivity contribution < 1.29 is 9.53 Å². The summed E-state index contributed by atoms with van der Waals surface area (Å²) in [7, 11) is 1.68. The van der Waals surface area contributed by atoms with Crippen LogP contribution >= 0.6 is 12.4 Å². The molecule has 5 heteroatoms. The fourth-order valence-corrected chi connectivity index (χ4v) is 1.72. The van der Waals surface area contributed by atoms with Gasteiger partial charge in [0.1, 0.15) is 0 Å². The molecule has 110 valence electrons. The van der Waals surface area contributed by atoms with Gasteiger partial charge < -0.3 is 15.8 Å². The van der Waals surface area contributed by atoms with Crippen molar-refractivity contribution in [1.82, 2.24) is 5.32 Å². The molecular formula is C13H29ClN2O2. The molecule has 0 aliphatic heterocycles. The molecule has 3 N–H and O–H groups in total. The van der Waals surface area contributed by atoms with E-state index in [1.165, 1.54) is 0 Å². The predicted octanol–water partition coefficient (Wildman–Crippen LogP) is 2.10. The van der Waals surface area contributed by atoms with Crippen LogP contribution in [0.3, 0.4) is 0 Å². The summed E-state index contributed by atoms with van der Waals surface area (Å²) in [6.07, 6.45) is 1.68. The minimum atomic E-state index is -0.423. The Bertz CT molecular complexity index is 247. The lowest BCUT2D eigenvalue weighted by Crippen LogP contribution is -2.49. The maximum atomic E-state index is 11.9. The van der Waals surface area contributed by atoms with E-state index in [1.54, 1.807) is 7.11 Å². The zero-order valence-corrected chi connectivity index (χ0v) is 13.3. The molecule has 0 aliphatic rings. The average molecular weight is 281 g/mol. The Morgan fingerprint density at radius 2 is 1.89 bits per heavy atom. The number of nitrogens with two attached hydrogens (primary N) is 1. The summed E-state index contributed by atoms with van der Waals surface area (Å²) in [5, 5.41) is 2.94. The van der Waals surface area contributed by atoms with E-state index in [1.807, 2.05) is 34.6 Å². The molecule has 0 heterocycles. The number of carbonyl (C=O) groups is 1. The van der Waals surface area contributed by atoms with Gasteiger partial charge in [-0.1, -0.05) is 20.3 Å². The topological polar surface area (TPSA) is 64.4 Å². The van der Waals surface area contributed by atoms with Gasteiger partial charge in [-0.25, -0.2) is 0 Å². The van der Waals surface area contributed by atoms with Gasteiger partial charge in [0, 0.05) is 13.2 Å². The van der Waals surface area contributed by atoms with E-state index in [-0.39, 0.29) is 35.9 Å². The minimum Gasteiger partial charge on any atom is -0.379 e. The number of hydrogen-bond donors (Lipinski definition) is 2. The van der Waals surface area contributed by atoms with Crippen LogP contribution in [-0.2, 0) is 9.53 Å². The summed E-state index contributed by atoms with van der Waals surface area (Å²) in [5.41, 5.74) is 5.64. The second-order valence-electron chi connectivity index (χ2n) is 5.49. The first kappa shape index (κ1) is 20.0. The van der Waals surface area contributed by atoms with Crippen LogP contribution in [0.5, 0.6) is 0 Å². The number of carbonyl (C=O) groups excluding carboxylic acids is 1. The third kappa shape index (κ3) is 7.19.